The second kappa shape index (κ2) is 9.27. The number of amides is 1. The predicted octanol–water partition coefficient (Wildman–Crippen LogP) is 2.86. The highest BCUT2D eigenvalue weighted by Gasteiger charge is 2.19. The third-order valence-electron chi connectivity index (χ3n) is 3.74. The largest absolute Gasteiger partial charge is 0.383 e. The van der Waals surface area contributed by atoms with E-state index in [1.165, 1.54) is 19.2 Å². The maximum absolute atomic E-state index is 12.6. The lowest BCUT2D eigenvalue weighted by atomic mass is 10.1. The van der Waals surface area contributed by atoms with Crippen molar-refractivity contribution in [2.75, 3.05) is 20.3 Å². The zero-order valence-corrected chi connectivity index (χ0v) is 16.9. The Hall–Kier alpha value is -1.74. The minimum absolute atomic E-state index is 0.0225. The molecule has 6 nitrogen and oxygen atoms in total. The van der Waals surface area contributed by atoms with Gasteiger partial charge in [0.15, 0.2) is 0 Å². The molecule has 0 aromatic heterocycles. The Bertz CT molecular complexity index is 857. The maximum atomic E-state index is 12.6. The molecule has 0 bridgehead atoms. The summed E-state index contributed by atoms with van der Waals surface area (Å²) < 4.78 is 32.4. The molecule has 1 amide bonds. The molecule has 2 rings (SSSR count). The Balaban J connectivity index is 2.19. The van der Waals surface area contributed by atoms with E-state index in [1.54, 1.807) is 6.07 Å². The van der Waals surface area contributed by atoms with E-state index in [0.717, 1.165) is 5.56 Å². The minimum Gasteiger partial charge on any atom is -0.383 e. The summed E-state index contributed by atoms with van der Waals surface area (Å²) in [5.74, 6) is -0.359. The first-order valence-electron chi connectivity index (χ1n) is 7.99. The zero-order valence-electron chi connectivity index (χ0n) is 14.5. The van der Waals surface area contributed by atoms with Gasteiger partial charge in [0.25, 0.3) is 5.91 Å². The van der Waals surface area contributed by atoms with E-state index < -0.39 is 10.0 Å². The van der Waals surface area contributed by atoms with Crippen molar-refractivity contribution >= 4 is 31.9 Å². The fourth-order valence-corrected chi connectivity index (χ4v) is 3.77. The van der Waals surface area contributed by atoms with Gasteiger partial charge in [-0.3, -0.25) is 4.79 Å². The number of nitrogens with one attached hydrogen (secondary N) is 2. The summed E-state index contributed by atoms with van der Waals surface area (Å²) in [5.41, 5.74) is 1.21. The summed E-state index contributed by atoms with van der Waals surface area (Å²) in [6, 6.07) is 13.7. The van der Waals surface area contributed by atoms with Crippen LogP contribution in [0.15, 0.2) is 57.9 Å². The molecule has 26 heavy (non-hydrogen) atoms. The molecule has 0 heterocycles. The van der Waals surface area contributed by atoms with Crippen LogP contribution in [0.1, 0.15) is 28.9 Å². The Morgan fingerprint density at radius 1 is 1.19 bits per heavy atom. The number of sulfonamides is 1. The molecule has 0 aliphatic heterocycles. The molecule has 8 heteroatoms. The van der Waals surface area contributed by atoms with Crippen LogP contribution in [0.25, 0.3) is 0 Å². The van der Waals surface area contributed by atoms with Crippen molar-refractivity contribution in [3.63, 3.8) is 0 Å². The average Bonchev–Trinajstić information content (AvgIpc) is 2.62. The van der Waals surface area contributed by atoms with Gasteiger partial charge in [-0.15, -0.1) is 0 Å². The minimum atomic E-state index is -3.72. The molecule has 0 aliphatic carbocycles. The Morgan fingerprint density at radius 3 is 2.54 bits per heavy atom. The van der Waals surface area contributed by atoms with Crippen molar-refractivity contribution in [1.82, 2.24) is 10.0 Å². The van der Waals surface area contributed by atoms with Crippen LogP contribution < -0.4 is 10.0 Å². The van der Waals surface area contributed by atoms with Crippen LogP contribution in [0.2, 0.25) is 0 Å². The van der Waals surface area contributed by atoms with Crippen LogP contribution in [0, 0.1) is 0 Å². The van der Waals surface area contributed by atoms with Crippen molar-refractivity contribution < 1.29 is 17.9 Å². The maximum Gasteiger partial charge on any atom is 0.252 e. The molecule has 1 unspecified atom stereocenters. The van der Waals surface area contributed by atoms with Gasteiger partial charge in [-0.25, -0.2) is 13.1 Å². The number of methoxy groups -OCH3 is 1. The van der Waals surface area contributed by atoms with E-state index in [-0.39, 0.29) is 35.6 Å². The third kappa shape index (κ3) is 5.38. The predicted molar refractivity (Wildman–Crippen MR) is 104 cm³/mol. The second-order valence-electron chi connectivity index (χ2n) is 5.64. The molecule has 140 valence electrons. The molecule has 0 saturated carbocycles. The van der Waals surface area contributed by atoms with Crippen molar-refractivity contribution in [1.29, 1.82) is 0 Å². The number of hydrogen-bond acceptors (Lipinski definition) is 4. The number of rotatable bonds is 8. The summed E-state index contributed by atoms with van der Waals surface area (Å²) in [6.45, 7) is 2.28. The second-order valence-corrected chi connectivity index (χ2v) is 8.26. The molecule has 2 aromatic carbocycles. The molecule has 0 saturated heterocycles. The first kappa shape index (κ1) is 20.6. The first-order chi connectivity index (χ1) is 12.3. The van der Waals surface area contributed by atoms with E-state index in [1.807, 2.05) is 37.3 Å². The number of hydrogen-bond donors (Lipinski definition) is 2. The van der Waals surface area contributed by atoms with Gasteiger partial charge >= 0.3 is 0 Å². The number of halogens is 1. The van der Waals surface area contributed by atoms with Crippen LogP contribution >= 0.6 is 15.9 Å². The molecule has 1 atom stereocenters. The Labute approximate surface area is 162 Å². The normalized spacial score (nSPS) is 12.6. The fraction of sp³-hybridized carbons (Fsp3) is 0.278. The van der Waals surface area contributed by atoms with Gasteiger partial charge in [0, 0.05) is 18.1 Å². The van der Waals surface area contributed by atoms with E-state index in [0.29, 0.717) is 4.47 Å². The van der Waals surface area contributed by atoms with Gasteiger partial charge in [0.2, 0.25) is 10.0 Å². The van der Waals surface area contributed by atoms with E-state index >= 15 is 0 Å². The van der Waals surface area contributed by atoms with Gasteiger partial charge in [-0.05, 0) is 46.6 Å². The first-order valence-corrected chi connectivity index (χ1v) is 10.3. The summed E-state index contributed by atoms with van der Waals surface area (Å²) >= 11 is 3.31. The summed E-state index contributed by atoms with van der Waals surface area (Å²) in [4.78, 5) is 12.6. The van der Waals surface area contributed by atoms with Crippen molar-refractivity contribution in [3.05, 3.63) is 64.1 Å². The summed E-state index contributed by atoms with van der Waals surface area (Å²) in [7, 11) is -2.23. The monoisotopic (exact) mass is 440 g/mol. The molecule has 0 fully saturated rings. The van der Waals surface area contributed by atoms with Crippen LogP contribution in [-0.2, 0) is 14.8 Å². The van der Waals surface area contributed by atoms with Crippen molar-refractivity contribution in [3.8, 4) is 0 Å². The van der Waals surface area contributed by atoms with E-state index in [9.17, 15) is 13.2 Å². The van der Waals surface area contributed by atoms with E-state index in [2.05, 4.69) is 26.0 Å². The van der Waals surface area contributed by atoms with Crippen LogP contribution in [0.4, 0.5) is 0 Å². The van der Waals surface area contributed by atoms with Crippen molar-refractivity contribution in [2.45, 2.75) is 17.9 Å². The molecule has 0 radical (unpaired) electrons. The van der Waals surface area contributed by atoms with Crippen LogP contribution in [-0.4, -0.2) is 34.6 Å². The number of ether oxygens (including phenoxy) is 1. The van der Waals surface area contributed by atoms with E-state index in [4.69, 9.17) is 4.74 Å². The molecule has 0 aliphatic rings. The molecular weight excluding hydrogens is 420 g/mol. The lowest BCUT2D eigenvalue weighted by molar-refractivity contribution is 0.0939. The number of benzene rings is 2. The van der Waals surface area contributed by atoms with Gasteiger partial charge in [-0.2, -0.15) is 0 Å². The summed E-state index contributed by atoms with van der Waals surface area (Å²) in [5, 5.41) is 2.88. The molecule has 2 N–H and O–H groups in total. The standard InChI is InChI=1S/C18H21BrN2O4S/c1-13(14-6-4-3-5-7-14)21-18(22)16-12-15(8-9-17(16)19)26(23,24)20-10-11-25-2/h3-9,12-13,20H,10-11H2,1-2H3,(H,21,22). The molecular formula is C18H21BrN2O4S. The lowest BCUT2D eigenvalue weighted by Gasteiger charge is -2.15. The topological polar surface area (TPSA) is 84.5 Å². The number of carbonyl (C=O) groups is 1. The van der Waals surface area contributed by atoms with Crippen molar-refractivity contribution in [2.24, 2.45) is 0 Å². The van der Waals surface area contributed by atoms with Crippen LogP contribution in [0.3, 0.4) is 0 Å². The van der Waals surface area contributed by atoms with Gasteiger partial charge < -0.3 is 10.1 Å². The average molecular weight is 441 g/mol. The highest BCUT2D eigenvalue weighted by molar-refractivity contribution is 9.10. The summed E-state index contributed by atoms with van der Waals surface area (Å²) in [6.07, 6.45) is 0. The fourth-order valence-electron chi connectivity index (χ4n) is 2.31. The van der Waals surface area contributed by atoms with Gasteiger partial charge in [-0.1, -0.05) is 30.3 Å². The molecule has 0 spiro atoms. The van der Waals surface area contributed by atoms with Crippen LogP contribution in [0.5, 0.6) is 0 Å². The van der Waals surface area contributed by atoms with Gasteiger partial charge in [0.05, 0.1) is 23.1 Å². The Morgan fingerprint density at radius 2 is 1.88 bits per heavy atom. The SMILES string of the molecule is COCCNS(=O)(=O)c1ccc(Br)c(C(=O)NC(C)c2ccccc2)c1. The molecule has 2 aromatic rings. The highest BCUT2D eigenvalue weighted by Crippen LogP contribution is 2.22. The zero-order chi connectivity index (χ0) is 19.2. The number of carbonyl (C=O) groups excluding carboxylic acids is 1. The Kier molecular flexibility index (Phi) is 7.33. The third-order valence-corrected chi connectivity index (χ3v) is 5.89. The lowest BCUT2D eigenvalue weighted by Crippen LogP contribution is -2.29. The highest BCUT2D eigenvalue weighted by atomic mass is 79.9. The van der Waals surface area contributed by atoms with Gasteiger partial charge in [0.1, 0.15) is 0 Å². The quantitative estimate of drug-likeness (QED) is 0.618. The smallest absolute Gasteiger partial charge is 0.252 e.